The van der Waals surface area contributed by atoms with Gasteiger partial charge in [0.15, 0.2) is 0 Å². The first-order valence-electron chi connectivity index (χ1n) is 7.67. The molecule has 122 valence electrons. The number of carbonyl (C=O) groups is 1. The average molecular weight is 306 g/mol. The summed E-state index contributed by atoms with van der Waals surface area (Å²) >= 11 is 0. The predicted octanol–water partition coefficient (Wildman–Crippen LogP) is 3.06. The van der Waals surface area contributed by atoms with E-state index in [4.69, 9.17) is 9.47 Å². The fourth-order valence-corrected chi connectivity index (χ4v) is 2.57. The molecule has 1 amide bonds. The van der Waals surface area contributed by atoms with Gasteiger partial charge in [0, 0.05) is 31.9 Å². The third-order valence-electron chi connectivity index (χ3n) is 3.68. The number of nitrogens with zero attached hydrogens (tertiary/aromatic N) is 2. The highest BCUT2D eigenvalue weighted by Gasteiger charge is 2.26. The van der Waals surface area contributed by atoms with Crippen molar-refractivity contribution in [2.75, 3.05) is 38.2 Å². The van der Waals surface area contributed by atoms with E-state index >= 15 is 0 Å². The van der Waals surface area contributed by atoms with Crippen LogP contribution in [0.4, 0.5) is 10.5 Å². The molecule has 1 saturated heterocycles. The van der Waals surface area contributed by atoms with Crippen molar-refractivity contribution >= 4 is 11.8 Å². The standard InChI is InChI=1S/C17H26N2O3/c1-13-12-14(21-5)6-7-15(13)18-8-10-19(11-9-18)16(20)22-17(2,3)4/h6-7,12H,8-11H2,1-5H3. The molecule has 1 aromatic rings. The number of hydrogen-bond acceptors (Lipinski definition) is 4. The van der Waals surface area contributed by atoms with Gasteiger partial charge < -0.3 is 19.3 Å². The van der Waals surface area contributed by atoms with Crippen molar-refractivity contribution in [3.8, 4) is 5.75 Å². The maximum absolute atomic E-state index is 12.1. The van der Waals surface area contributed by atoms with Gasteiger partial charge in [0.2, 0.25) is 0 Å². The van der Waals surface area contributed by atoms with Gasteiger partial charge in [-0.05, 0) is 51.5 Å². The quantitative estimate of drug-likeness (QED) is 0.842. The van der Waals surface area contributed by atoms with Gasteiger partial charge in [0.25, 0.3) is 0 Å². The highest BCUT2D eigenvalue weighted by Crippen LogP contribution is 2.26. The summed E-state index contributed by atoms with van der Waals surface area (Å²) in [5.41, 5.74) is 1.94. The lowest BCUT2D eigenvalue weighted by Crippen LogP contribution is -2.50. The van der Waals surface area contributed by atoms with E-state index in [-0.39, 0.29) is 6.09 Å². The minimum atomic E-state index is -0.444. The van der Waals surface area contributed by atoms with Gasteiger partial charge in [-0.1, -0.05) is 0 Å². The molecule has 1 aromatic carbocycles. The molecular formula is C17H26N2O3. The first-order valence-corrected chi connectivity index (χ1v) is 7.67. The first-order chi connectivity index (χ1) is 10.3. The zero-order valence-corrected chi connectivity index (χ0v) is 14.2. The summed E-state index contributed by atoms with van der Waals surface area (Å²) < 4.78 is 10.7. The molecule has 5 heteroatoms. The van der Waals surface area contributed by atoms with E-state index in [1.165, 1.54) is 11.3 Å². The number of carbonyl (C=O) groups excluding carboxylic acids is 1. The molecule has 2 rings (SSSR count). The highest BCUT2D eigenvalue weighted by atomic mass is 16.6. The van der Waals surface area contributed by atoms with Gasteiger partial charge in [0.1, 0.15) is 11.4 Å². The number of piperazine rings is 1. The van der Waals surface area contributed by atoms with Crippen molar-refractivity contribution < 1.29 is 14.3 Å². The van der Waals surface area contributed by atoms with Crippen LogP contribution in [0.5, 0.6) is 5.75 Å². The Morgan fingerprint density at radius 2 is 1.77 bits per heavy atom. The molecule has 0 aliphatic carbocycles. The Morgan fingerprint density at radius 1 is 1.14 bits per heavy atom. The topological polar surface area (TPSA) is 42.0 Å². The van der Waals surface area contributed by atoms with Crippen LogP contribution in [0.25, 0.3) is 0 Å². The van der Waals surface area contributed by atoms with Crippen LogP contribution in [0, 0.1) is 6.92 Å². The molecule has 0 radical (unpaired) electrons. The Morgan fingerprint density at radius 3 is 2.27 bits per heavy atom. The summed E-state index contributed by atoms with van der Waals surface area (Å²) in [6.07, 6.45) is -0.224. The average Bonchev–Trinajstić information content (AvgIpc) is 2.45. The number of anilines is 1. The maximum Gasteiger partial charge on any atom is 0.410 e. The minimum absolute atomic E-state index is 0.224. The SMILES string of the molecule is COc1ccc(N2CCN(C(=O)OC(C)(C)C)CC2)c(C)c1. The number of ether oxygens (including phenoxy) is 2. The van der Waals surface area contributed by atoms with Crippen LogP contribution >= 0.6 is 0 Å². The smallest absolute Gasteiger partial charge is 0.410 e. The molecule has 1 fully saturated rings. The molecule has 0 bridgehead atoms. The van der Waals surface area contributed by atoms with Gasteiger partial charge in [-0.3, -0.25) is 0 Å². The molecule has 1 heterocycles. The second-order valence-corrected chi connectivity index (χ2v) is 6.61. The van der Waals surface area contributed by atoms with Gasteiger partial charge in [-0.25, -0.2) is 4.79 Å². The molecule has 22 heavy (non-hydrogen) atoms. The van der Waals surface area contributed by atoms with Gasteiger partial charge in [-0.2, -0.15) is 0 Å². The minimum Gasteiger partial charge on any atom is -0.497 e. The molecular weight excluding hydrogens is 280 g/mol. The number of aryl methyl sites for hydroxylation is 1. The molecule has 0 saturated carbocycles. The van der Waals surface area contributed by atoms with Crippen molar-refractivity contribution in [1.82, 2.24) is 4.90 Å². The highest BCUT2D eigenvalue weighted by molar-refractivity contribution is 5.69. The third kappa shape index (κ3) is 4.06. The van der Waals surface area contributed by atoms with Crippen molar-refractivity contribution in [3.63, 3.8) is 0 Å². The van der Waals surface area contributed by atoms with Crippen LogP contribution in [0.1, 0.15) is 26.3 Å². The van der Waals surface area contributed by atoms with E-state index in [1.807, 2.05) is 32.9 Å². The summed E-state index contributed by atoms with van der Waals surface area (Å²) in [4.78, 5) is 16.2. The molecule has 0 unspecified atom stereocenters. The van der Waals surface area contributed by atoms with Gasteiger partial charge in [0.05, 0.1) is 7.11 Å². The molecule has 5 nitrogen and oxygen atoms in total. The third-order valence-corrected chi connectivity index (χ3v) is 3.68. The second kappa shape index (κ2) is 6.46. The van der Waals surface area contributed by atoms with Crippen molar-refractivity contribution in [1.29, 1.82) is 0 Å². The number of rotatable bonds is 2. The van der Waals surface area contributed by atoms with Crippen LogP contribution in [-0.4, -0.2) is 49.9 Å². The zero-order valence-electron chi connectivity index (χ0n) is 14.2. The van der Waals surface area contributed by atoms with E-state index in [0.29, 0.717) is 13.1 Å². The fourth-order valence-electron chi connectivity index (χ4n) is 2.57. The zero-order chi connectivity index (χ0) is 16.3. The first kappa shape index (κ1) is 16.5. The van der Waals surface area contributed by atoms with Crippen molar-refractivity contribution in [2.45, 2.75) is 33.3 Å². The molecule has 0 aromatic heterocycles. The predicted molar refractivity (Wildman–Crippen MR) is 87.8 cm³/mol. The monoisotopic (exact) mass is 306 g/mol. The normalized spacial score (nSPS) is 15.7. The van der Waals surface area contributed by atoms with Crippen LogP contribution in [0.3, 0.4) is 0 Å². The second-order valence-electron chi connectivity index (χ2n) is 6.61. The lowest BCUT2D eigenvalue weighted by Gasteiger charge is -2.37. The maximum atomic E-state index is 12.1. The molecule has 0 atom stereocenters. The van der Waals surface area contributed by atoms with Crippen LogP contribution in [0.15, 0.2) is 18.2 Å². The van der Waals surface area contributed by atoms with Crippen LogP contribution in [-0.2, 0) is 4.74 Å². The Balaban J connectivity index is 1.96. The van der Waals surface area contributed by atoms with Crippen molar-refractivity contribution in [2.24, 2.45) is 0 Å². The lowest BCUT2D eigenvalue weighted by molar-refractivity contribution is 0.0240. The summed E-state index contributed by atoms with van der Waals surface area (Å²) in [6, 6.07) is 6.09. The van der Waals surface area contributed by atoms with E-state index < -0.39 is 5.60 Å². The Labute approximate surface area is 132 Å². The number of methoxy groups -OCH3 is 1. The Bertz CT molecular complexity index is 529. The molecule has 1 aliphatic heterocycles. The summed E-state index contributed by atoms with van der Waals surface area (Å²) in [7, 11) is 1.67. The van der Waals surface area contributed by atoms with Crippen molar-refractivity contribution in [3.05, 3.63) is 23.8 Å². The largest absolute Gasteiger partial charge is 0.497 e. The molecule has 0 spiro atoms. The van der Waals surface area contributed by atoms with E-state index in [1.54, 1.807) is 12.0 Å². The van der Waals surface area contributed by atoms with E-state index in [9.17, 15) is 4.79 Å². The molecule has 1 aliphatic rings. The van der Waals surface area contributed by atoms with E-state index in [0.717, 1.165) is 18.8 Å². The summed E-state index contributed by atoms with van der Waals surface area (Å²) in [5, 5.41) is 0. The fraction of sp³-hybridized carbons (Fsp3) is 0.588. The number of benzene rings is 1. The number of hydrogen-bond donors (Lipinski definition) is 0. The van der Waals surface area contributed by atoms with E-state index in [2.05, 4.69) is 17.9 Å². The lowest BCUT2D eigenvalue weighted by atomic mass is 10.1. The summed E-state index contributed by atoms with van der Waals surface area (Å²) in [5.74, 6) is 0.869. The Kier molecular flexibility index (Phi) is 4.84. The Hall–Kier alpha value is -1.91. The van der Waals surface area contributed by atoms with Gasteiger partial charge >= 0.3 is 6.09 Å². The van der Waals surface area contributed by atoms with Crippen LogP contribution in [0.2, 0.25) is 0 Å². The number of amides is 1. The summed E-state index contributed by atoms with van der Waals surface area (Å²) in [6.45, 7) is 10.7. The van der Waals surface area contributed by atoms with Crippen LogP contribution < -0.4 is 9.64 Å². The van der Waals surface area contributed by atoms with Gasteiger partial charge in [-0.15, -0.1) is 0 Å². The molecule has 0 N–H and O–H groups in total.